The van der Waals surface area contributed by atoms with Gasteiger partial charge in [0.15, 0.2) is 0 Å². The molecule has 0 aromatic carbocycles. The van der Waals surface area contributed by atoms with Gasteiger partial charge in [0.1, 0.15) is 0 Å². The Kier molecular flexibility index (Phi) is 5.95. The van der Waals surface area contributed by atoms with E-state index in [0.29, 0.717) is 0 Å². The van der Waals surface area contributed by atoms with Gasteiger partial charge in [-0.15, -0.1) is 0 Å². The maximum atomic E-state index is 4.32. The van der Waals surface area contributed by atoms with Crippen molar-refractivity contribution < 1.29 is 0 Å². The molecule has 1 aliphatic heterocycles. The van der Waals surface area contributed by atoms with Gasteiger partial charge < -0.3 is 0 Å². The molecule has 0 amide bonds. The Morgan fingerprint density at radius 3 is 2.43 bits per heavy atom. The third-order valence-electron chi connectivity index (χ3n) is 3.30. The lowest BCUT2D eigenvalue weighted by Crippen LogP contribution is -2.32. The first-order chi connectivity index (χ1) is 6.72. The topological polar surface area (TPSA) is 3.24 Å². The zero-order chi connectivity index (χ0) is 10.4. The van der Waals surface area contributed by atoms with E-state index in [-0.39, 0.29) is 0 Å². The van der Waals surface area contributed by atoms with Crippen molar-refractivity contribution in [2.75, 3.05) is 19.0 Å². The Balaban J connectivity index is 2.04. The number of hydrogen-bond donors (Lipinski definition) is 1. The normalized spacial score (nSPS) is 20.6. The van der Waals surface area contributed by atoms with Crippen LogP contribution in [0.2, 0.25) is 0 Å². The molecule has 0 atom stereocenters. The van der Waals surface area contributed by atoms with E-state index in [1.54, 1.807) is 0 Å². The number of piperidine rings is 1. The van der Waals surface area contributed by atoms with E-state index in [4.69, 9.17) is 0 Å². The minimum absolute atomic E-state index is 0.882. The SMILES string of the molecule is CC(C)CCCC1CCN(CS)CC1. The van der Waals surface area contributed by atoms with Gasteiger partial charge in [0.05, 0.1) is 0 Å². The summed E-state index contributed by atoms with van der Waals surface area (Å²) in [4.78, 5) is 2.45. The first-order valence-electron chi connectivity index (χ1n) is 6.05. The maximum Gasteiger partial charge on any atom is 0.0414 e. The molecule has 1 fully saturated rings. The number of hydrogen-bond acceptors (Lipinski definition) is 2. The summed E-state index contributed by atoms with van der Waals surface area (Å²) in [5.74, 6) is 2.83. The summed E-state index contributed by atoms with van der Waals surface area (Å²) in [6.07, 6.45) is 7.10. The van der Waals surface area contributed by atoms with Gasteiger partial charge in [0, 0.05) is 5.88 Å². The number of nitrogens with zero attached hydrogens (tertiary/aromatic N) is 1. The second kappa shape index (κ2) is 6.73. The van der Waals surface area contributed by atoms with Crippen molar-refractivity contribution in [3.05, 3.63) is 0 Å². The lowest BCUT2D eigenvalue weighted by molar-refractivity contribution is 0.202. The fourth-order valence-corrected chi connectivity index (χ4v) is 2.51. The summed E-state index contributed by atoms with van der Waals surface area (Å²) in [5.41, 5.74) is 0. The fraction of sp³-hybridized carbons (Fsp3) is 1.00. The quantitative estimate of drug-likeness (QED) is 0.688. The second-order valence-electron chi connectivity index (χ2n) is 5.03. The van der Waals surface area contributed by atoms with Crippen molar-refractivity contribution in [1.82, 2.24) is 4.90 Å². The van der Waals surface area contributed by atoms with Gasteiger partial charge in [0.2, 0.25) is 0 Å². The van der Waals surface area contributed by atoms with Crippen LogP contribution in [0.15, 0.2) is 0 Å². The molecular formula is C12H25NS. The molecule has 0 radical (unpaired) electrons. The monoisotopic (exact) mass is 215 g/mol. The summed E-state index contributed by atoms with van der Waals surface area (Å²) in [6, 6.07) is 0. The van der Waals surface area contributed by atoms with Crippen molar-refractivity contribution in [2.45, 2.75) is 46.0 Å². The number of likely N-dealkylation sites (tertiary alicyclic amines) is 1. The molecule has 0 unspecified atom stereocenters. The molecule has 0 N–H and O–H groups in total. The van der Waals surface area contributed by atoms with Crippen LogP contribution in [-0.4, -0.2) is 23.9 Å². The van der Waals surface area contributed by atoms with Crippen LogP contribution >= 0.6 is 12.6 Å². The van der Waals surface area contributed by atoms with Crippen LogP contribution in [0.25, 0.3) is 0 Å². The van der Waals surface area contributed by atoms with Crippen LogP contribution in [0, 0.1) is 11.8 Å². The Bertz CT molecular complexity index is 139. The van der Waals surface area contributed by atoms with Gasteiger partial charge >= 0.3 is 0 Å². The minimum Gasteiger partial charge on any atom is -0.294 e. The molecule has 1 nitrogen and oxygen atoms in total. The standard InChI is InChI=1S/C12H25NS/c1-11(2)4-3-5-12-6-8-13(10-14)9-7-12/h11-12,14H,3-10H2,1-2H3. The Hall–Kier alpha value is 0.310. The largest absolute Gasteiger partial charge is 0.294 e. The molecule has 0 spiro atoms. The van der Waals surface area contributed by atoms with Crippen LogP contribution in [0.5, 0.6) is 0 Å². The van der Waals surface area contributed by atoms with Crippen molar-refractivity contribution in [3.63, 3.8) is 0 Å². The van der Waals surface area contributed by atoms with Crippen molar-refractivity contribution in [1.29, 1.82) is 0 Å². The van der Waals surface area contributed by atoms with Crippen LogP contribution in [0.3, 0.4) is 0 Å². The first-order valence-corrected chi connectivity index (χ1v) is 6.69. The molecule has 0 saturated carbocycles. The van der Waals surface area contributed by atoms with Gasteiger partial charge in [-0.05, 0) is 37.8 Å². The molecule has 14 heavy (non-hydrogen) atoms. The Morgan fingerprint density at radius 2 is 1.93 bits per heavy atom. The summed E-state index contributed by atoms with van der Waals surface area (Å²) in [7, 11) is 0. The zero-order valence-corrected chi connectivity index (χ0v) is 10.6. The summed E-state index contributed by atoms with van der Waals surface area (Å²) >= 11 is 4.32. The molecule has 1 aliphatic rings. The molecule has 1 rings (SSSR count). The van der Waals surface area contributed by atoms with Crippen molar-refractivity contribution in [3.8, 4) is 0 Å². The Morgan fingerprint density at radius 1 is 1.29 bits per heavy atom. The highest BCUT2D eigenvalue weighted by Gasteiger charge is 2.17. The van der Waals surface area contributed by atoms with Crippen LogP contribution in [0.1, 0.15) is 46.0 Å². The predicted molar refractivity (Wildman–Crippen MR) is 66.8 cm³/mol. The van der Waals surface area contributed by atoms with Gasteiger partial charge in [-0.2, -0.15) is 12.6 Å². The van der Waals surface area contributed by atoms with Crippen molar-refractivity contribution in [2.24, 2.45) is 11.8 Å². The van der Waals surface area contributed by atoms with Crippen LogP contribution in [-0.2, 0) is 0 Å². The number of rotatable bonds is 5. The predicted octanol–water partition coefficient (Wildman–Crippen LogP) is 3.41. The second-order valence-corrected chi connectivity index (χ2v) is 5.31. The van der Waals surface area contributed by atoms with E-state index < -0.39 is 0 Å². The van der Waals surface area contributed by atoms with E-state index in [9.17, 15) is 0 Å². The summed E-state index contributed by atoms with van der Waals surface area (Å²) in [6.45, 7) is 7.19. The summed E-state index contributed by atoms with van der Waals surface area (Å²) in [5, 5.41) is 0. The Labute approximate surface area is 94.7 Å². The number of thiol groups is 1. The minimum atomic E-state index is 0.882. The van der Waals surface area contributed by atoms with E-state index >= 15 is 0 Å². The van der Waals surface area contributed by atoms with Crippen LogP contribution < -0.4 is 0 Å². The first kappa shape index (κ1) is 12.4. The molecule has 1 saturated heterocycles. The molecule has 0 aliphatic carbocycles. The molecule has 84 valence electrons. The van der Waals surface area contributed by atoms with Gasteiger partial charge in [-0.1, -0.05) is 33.1 Å². The molecular weight excluding hydrogens is 190 g/mol. The van der Waals surface area contributed by atoms with E-state index in [0.717, 1.165) is 17.7 Å². The average molecular weight is 215 g/mol. The molecule has 2 heteroatoms. The van der Waals surface area contributed by atoms with Gasteiger partial charge in [0.25, 0.3) is 0 Å². The maximum absolute atomic E-state index is 4.32. The molecule has 0 aromatic rings. The molecule has 1 heterocycles. The lowest BCUT2D eigenvalue weighted by Gasteiger charge is -2.30. The molecule has 0 aromatic heterocycles. The fourth-order valence-electron chi connectivity index (χ4n) is 2.23. The lowest BCUT2D eigenvalue weighted by atomic mass is 9.90. The highest BCUT2D eigenvalue weighted by molar-refractivity contribution is 7.80. The molecule has 0 bridgehead atoms. The summed E-state index contributed by atoms with van der Waals surface area (Å²) < 4.78 is 0. The third kappa shape index (κ3) is 4.70. The van der Waals surface area contributed by atoms with E-state index in [2.05, 4.69) is 31.4 Å². The highest BCUT2D eigenvalue weighted by atomic mass is 32.1. The third-order valence-corrected chi connectivity index (χ3v) is 3.70. The van der Waals surface area contributed by atoms with Crippen molar-refractivity contribution >= 4 is 12.6 Å². The van der Waals surface area contributed by atoms with E-state index in [1.807, 2.05) is 0 Å². The van der Waals surface area contributed by atoms with E-state index in [1.165, 1.54) is 45.2 Å². The highest BCUT2D eigenvalue weighted by Crippen LogP contribution is 2.23. The smallest absolute Gasteiger partial charge is 0.0414 e. The van der Waals surface area contributed by atoms with Crippen LogP contribution in [0.4, 0.5) is 0 Å². The van der Waals surface area contributed by atoms with Gasteiger partial charge in [-0.25, -0.2) is 0 Å². The average Bonchev–Trinajstić information content (AvgIpc) is 2.18. The van der Waals surface area contributed by atoms with Gasteiger partial charge in [-0.3, -0.25) is 4.90 Å². The zero-order valence-electron chi connectivity index (χ0n) is 9.71.